The van der Waals surface area contributed by atoms with Gasteiger partial charge in [-0.2, -0.15) is 0 Å². The van der Waals surface area contributed by atoms with Crippen molar-refractivity contribution >= 4 is 52.1 Å². The van der Waals surface area contributed by atoms with Crippen molar-refractivity contribution in [2.24, 2.45) is 5.41 Å². The highest BCUT2D eigenvalue weighted by Crippen LogP contribution is 2.45. The standard InChI is InChI=1S/C25H21Cl2N5O4/c1-25(2)21(20(22(25)33)18-12-28-7-8-30-18)32-17(24(35)36)9-13-3-5-14(6-4-13)31-23(34)19-15(26)10-29-11-16(19)27/h3-8,10-12,17,32H,9H2,1-2H3,(H,31,34)(H,35,36)/t17-/m0/s1. The number of benzene rings is 1. The molecule has 0 fully saturated rings. The third-order valence-corrected chi connectivity index (χ3v) is 6.41. The maximum absolute atomic E-state index is 12.7. The summed E-state index contributed by atoms with van der Waals surface area (Å²) in [6, 6.07) is 5.71. The van der Waals surface area contributed by atoms with Crippen LogP contribution in [0, 0.1) is 5.41 Å². The van der Waals surface area contributed by atoms with Gasteiger partial charge in [-0.3, -0.25) is 24.5 Å². The van der Waals surface area contributed by atoms with Gasteiger partial charge < -0.3 is 15.7 Å². The Morgan fingerprint density at radius 2 is 1.69 bits per heavy atom. The second-order valence-electron chi connectivity index (χ2n) is 8.66. The lowest BCUT2D eigenvalue weighted by molar-refractivity contribution is -0.139. The highest BCUT2D eigenvalue weighted by atomic mass is 35.5. The van der Waals surface area contributed by atoms with Crippen LogP contribution in [0.4, 0.5) is 5.69 Å². The number of halogens is 2. The van der Waals surface area contributed by atoms with Crippen molar-refractivity contribution in [3.63, 3.8) is 0 Å². The van der Waals surface area contributed by atoms with Gasteiger partial charge in [-0.15, -0.1) is 0 Å². The summed E-state index contributed by atoms with van der Waals surface area (Å²) in [5.74, 6) is -1.70. The number of nitrogens with one attached hydrogen (secondary N) is 2. The van der Waals surface area contributed by atoms with E-state index < -0.39 is 23.3 Å². The number of Topliss-reactive ketones (excluding diaryl/α,β-unsaturated/α-hetero) is 1. The van der Waals surface area contributed by atoms with Crippen LogP contribution in [0.25, 0.3) is 5.57 Å². The Morgan fingerprint density at radius 3 is 2.28 bits per heavy atom. The van der Waals surface area contributed by atoms with E-state index in [-0.39, 0.29) is 27.8 Å². The van der Waals surface area contributed by atoms with E-state index in [1.54, 1.807) is 38.1 Å². The lowest BCUT2D eigenvalue weighted by Gasteiger charge is -2.40. The highest BCUT2D eigenvalue weighted by molar-refractivity contribution is 6.40. The van der Waals surface area contributed by atoms with E-state index in [4.69, 9.17) is 23.2 Å². The minimum atomic E-state index is -1.07. The van der Waals surface area contributed by atoms with E-state index >= 15 is 0 Å². The van der Waals surface area contributed by atoms with E-state index in [0.29, 0.717) is 28.2 Å². The Hall–Kier alpha value is -3.82. The lowest BCUT2D eigenvalue weighted by atomic mass is 9.67. The van der Waals surface area contributed by atoms with Crippen LogP contribution >= 0.6 is 23.2 Å². The number of anilines is 1. The van der Waals surface area contributed by atoms with Gasteiger partial charge in [0, 0.05) is 42.6 Å². The van der Waals surface area contributed by atoms with Crippen LogP contribution in [0.2, 0.25) is 10.0 Å². The molecular weight excluding hydrogens is 505 g/mol. The summed E-state index contributed by atoms with van der Waals surface area (Å²) in [6.45, 7) is 3.46. The first kappa shape index (κ1) is 25.3. The molecule has 11 heteroatoms. The molecule has 0 saturated carbocycles. The fraction of sp³-hybridized carbons (Fsp3) is 0.200. The quantitative estimate of drug-likeness (QED) is 0.401. The zero-order valence-corrected chi connectivity index (χ0v) is 20.8. The van der Waals surface area contributed by atoms with Crippen LogP contribution in [0.1, 0.15) is 35.5 Å². The van der Waals surface area contributed by atoms with Gasteiger partial charge in [0.15, 0.2) is 5.78 Å². The van der Waals surface area contributed by atoms with Gasteiger partial charge in [-0.05, 0) is 31.5 Å². The van der Waals surface area contributed by atoms with Crippen molar-refractivity contribution in [2.75, 3.05) is 5.32 Å². The van der Waals surface area contributed by atoms with Crippen molar-refractivity contribution < 1.29 is 19.5 Å². The molecule has 0 radical (unpaired) electrons. The predicted octanol–water partition coefficient (Wildman–Crippen LogP) is 4.04. The molecule has 4 rings (SSSR count). The number of pyridine rings is 1. The molecule has 2 aromatic heterocycles. The maximum atomic E-state index is 12.7. The topological polar surface area (TPSA) is 134 Å². The fourth-order valence-corrected chi connectivity index (χ4v) is 4.41. The van der Waals surface area contributed by atoms with Gasteiger partial charge in [0.1, 0.15) is 6.04 Å². The van der Waals surface area contributed by atoms with E-state index in [1.165, 1.54) is 31.0 Å². The third-order valence-electron chi connectivity index (χ3n) is 5.84. The number of rotatable bonds is 8. The van der Waals surface area contributed by atoms with E-state index in [9.17, 15) is 19.5 Å². The first-order valence-corrected chi connectivity index (χ1v) is 11.6. The summed E-state index contributed by atoms with van der Waals surface area (Å²) < 4.78 is 0. The smallest absolute Gasteiger partial charge is 0.326 e. The molecule has 36 heavy (non-hydrogen) atoms. The van der Waals surface area contributed by atoms with E-state index in [2.05, 4.69) is 25.6 Å². The fourth-order valence-electron chi connectivity index (χ4n) is 3.87. The first-order valence-electron chi connectivity index (χ1n) is 10.8. The molecule has 1 aliphatic rings. The Bertz CT molecular complexity index is 1350. The number of aromatic nitrogens is 3. The van der Waals surface area contributed by atoms with Crippen molar-refractivity contribution in [2.45, 2.75) is 26.3 Å². The number of carbonyl (C=O) groups excluding carboxylic acids is 2. The van der Waals surface area contributed by atoms with Crippen LogP contribution in [0.3, 0.4) is 0 Å². The van der Waals surface area contributed by atoms with Crippen molar-refractivity contribution in [3.8, 4) is 0 Å². The molecule has 0 unspecified atom stereocenters. The van der Waals surface area contributed by atoms with Crippen LogP contribution in [0.5, 0.6) is 0 Å². The second kappa shape index (κ2) is 10.0. The zero-order valence-electron chi connectivity index (χ0n) is 19.3. The average Bonchev–Trinajstić information content (AvgIpc) is 2.84. The number of carboxylic acid groups (broad SMARTS) is 1. The lowest BCUT2D eigenvalue weighted by Crippen LogP contribution is -2.50. The first-order chi connectivity index (χ1) is 17.1. The highest BCUT2D eigenvalue weighted by Gasteiger charge is 2.48. The molecule has 0 saturated heterocycles. The summed E-state index contributed by atoms with van der Waals surface area (Å²) in [5.41, 5.74) is 1.66. The number of allylic oxidation sites excluding steroid dienone is 2. The number of amides is 1. The number of aliphatic carboxylic acids is 1. The van der Waals surface area contributed by atoms with E-state index in [1.807, 2.05) is 0 Å². The summed E-state index contributed by atoms with van der Waals surface area (Å²) in [6.07, 6.45) is 7.23. The molecule has 2 heterocycles. The molecule has 1 aliphatic carbocycles. The number of hydrogen-bond donors (Lipinski definition) is 3. The molecule has 0 spiro atoms. The largest absolute Gasteiger partial charge is 0.480 e. The second-order valence-corrected chi connectivity index (χ2v) is 9.48. The predicted molar refractivity (Wildman–Crippen MR) is 135 cm³/mol. The zero-order chi connectivity index (χ0) is 26.0. The molecule has 1 aromatic carbocycles. The number of nitrogens with zero attached hydrogens (tertiary/aromatic N) is 3. The summed E-state index contributed by atoms with van der Waals surface area (Å²) in [7, 11) is 0. The van der Waals surface area contributed by atoms with Crippen LogP contribution < -0.4 is 10.6 Å². The van der Waals surface area contributed by atoms with Crippen molar-refractivity contribution in [1.82, 2.24) is 20.3 Å². The molecule has 1 amide bonds. The van der Waals surface area contributed by atoms with Gasteiger partial charge in [0.2, 0.25) is 0 Å². The van der Waals surface area contributed by atoms with Gasteiger partial charge in [-0.25, -0.2) is 4.79 Å². The Kier molecular flexibility index (Phi) is 7.05. The molecule has 3 N–H and O–H groups in total. The Labute approximate surface area is 216 Å². The van der Waals surface area contributed by atoms with Crippen LogP contribution in [-0.2, 0) is 16.0 Å². The molecular formula is C25H21Cl2N5O4. The van der Waals surface area contributed by atoms with Crippen LogP contribution in [0.15, 0.2) is 60.9 Å². The normalized spacial score (nSPS) is 15.2. The van der Waals surface area contributed by atoms with E-state index in [0.717, 1.165) is 0 Å². The van der Waals surface area contributed by atoms with Gasteiger partial charge >= 0.3 is 5.97 Å². The number of ketones is 1. The Morgan fingerprint density at radius 1 is 1.03 bits per heavy atom. The van der Waals surface area contributed by atoms with Gasteiger partial charge in [0.05, 0.1) is 38.5 Å². The third kappa shape index (κ3) is 4.93. The number of carboxylic acids is 1. The molecule has 3 aromatic rings. The van der Waals surface area contributed by atoms with Gasteiger partial charge in [-0.1, -0.05) is 35.3 Å². The summed E-state index contributed by atoms with van der Waals surface area (Å²) in [4.78, 5) is 49.4. The summed E-state index contributed by atoms with van der Waals surface area (Å²) >= 11 is 12.1. The molecule has 184 valence electrons. The number of carbonyl (C=O) groups is 3. The van der Waals surface area contributed by atoms with Crippen LogP contribution in [-0.4, -0.2) is 43.8 Å². The summed E-state index contributed by atoms with van der Waals surface area (Å²) in [5, 5.41) is 15.9. The molecule has 0 bridgehead atoms. The average molecular weight is 526 g/mol. The SMILES string of the molecule is CC1(C)C(=O)C(c2cnccn2)=C1N[C@@H](Cc1ccc(NC(=O)c2c(Cl)cncc2Cl)cc1)C(=O)O. The number of hydrogen-bond acceptors (Lipinski definition) is 7. The molecule has 9 nitrogen and oxygen atoms in total. The minimum Gasteiger partial charge on any atom is -0.480 e. The van der Waals surface area contributed by atoms with Crippen molar-refractivity contribution in [1.29, 1.82) is 0 Å². The molecule has 1 atom stereocenters. The minimum absolute atomic E-state index is 0.109. The Balaban J connectivity index is 1.50. The van der Waals surface area contributed by atoms with Crippen molar-refractivity contribution in [3.05, 3.63) is 87.8 Å². The van der Waals surface area contributed by atoms with Gasteiger partial charge in [0.25, 0.3) is 5.91 Å². The monoisotopic (exact) mass is 525 g/mol. The maximum Gasteiger partial charge on any atom is 0.326 e. The molecule has 0 aliphatic heterocycles.